The molecule has 0 spiro atoms. The molecule has 2 rings (SSSR count). The van der Waals surface area contributed by atoms with Gasteiger partial charge in [-0.1, -0.05) is 54.6 Å². The van der Waals surface area contributed by atoms with Gasteiger partial charge in [0.1, 0.15) is 0 Å². The first-order chi connectivity index (χ1) is 9.70. The van der Waals surface area contributed by atoms with Crippen LogP contribution >= 0.6 is 0 Å². The second-order valence-corrected chi connectivity index (χ2v) is 4.72. The normalized spacial score (nSPS) is 13.1. The van der Waals surface area contributed by atoms with Gasteiger partial charge in [-0.2, -0.15) is 0 Å². The van der Waals surface area contributed by atoms with Crippen LogP contribution in [0.25, 0.3) is 10.8 Å². The maximum atomic E-state index is 11.7. The van der Waals surface area contributed by atoms with E-state index >= 15 is 0 Å². The number of carbonyl (C=O) groups is 1. The highest BCUT2D eigenvalue weighted by Crippen LogP contribution is 2.20. The summed E-state index contributed by atoms with van der Waals surface area (Å²) < 4.78 is 0. The Labute approximate surface area is 119 Å². The molecule has 0 unspecified atom stereocenters. The minimum Gasteiger partial charge on any atom is -0.346 e. The van der Waals surface area contributed by atoms with E-state index < -0.39 is 0 Å². The average Bonchev–Trinajstić information content (AvgIpc) is 2.47. The molecule has 0 radical (unpaired) electrons. The number of benzene rings is 2. The van der Waals surface area contributed by atoms with Crippen LogP contribution in [0.5, 0.6) is 0 Å². The number of amides is 1. The molecule has 1 amide bonds. The van der Waals surface area contributed by atoms with E-state index in [0.29, 0.717) is 0 Å². The predicted molar refractivity (Wildman–Crippen MR) is 84.5 cm³/mol. The summed E-state index contributed by atoms with van der Waals surface area (Å²) in [6, 6.07) is 14.5. The molecular weight excluding hydrogens is 246 g/mol. The third-order valence-electron chi connectivity index (χ3n) is 3.18. The zero-order valence-corrected chi connectivity index (χ0v) is 11.8. The van der Waals surface area contributed by atoms with E-state index in [1.54, 1.807) is 6.08 Å². The van der Waals surface area contributed by atoms with E-state index in [4.69, 9.17) is 0 Å². The molecule has 0 bridgehead atoms. The number of allylic oxidation sites excluding steroid dienone is 3. The van der Waals surface area contributed by atoms with Gasteiger partial charge in [0.15, 0.2) is 0 Å². The highest BCUT2D eigenvalue weighted by Gasteiger charge is 2.07. The van der Waals surface area contributed by atoms with Crippen LogP contribution < -0.4 is 5.32 Å². The lowest BCUT2D eigenvalue weighted by Gasteiger charge is -2.13. The van der Waals surface area contributed by atoms with E-state index in [1.165, 1.54) is 16.8 Å². The van der Waals surface area contributed by atoms with Gasteiger partial charge in [0.2, 0.25) is 5.91 Å². The Hall–Kier alpha value is -2.35. The maximum Gasteiger partial charge on any atom is 0.244 e. The topological polar surface area (TPSA) is 29.1 Å². The number of nitrogens with one attached hydrogen (secondary N) is 1. The van der Waals surface area contributed by atoms with Crippen LogP contribution in [0.4, 0.5) is 0 Å². The molecule has 20 heavy (non-hydrogen) atoms. The van der Waals surface area contributed by atoms with Gasteiger partial charge in [-0.25, -0.2) is 0 Å². The van der Waals surface area contributed by atoms with Crippen LogP contribution in [0.15, 0.2) is 66.8 Å². The van der Waals surface area contributed by atoms with Crippen molar-refractivity contribution in [1.29, 1.82) is 0 Å². The van der Waals surface area contributed by atoms with Gasteiger partial charge in [-0.3, -0.25) is 4.79 Å². The number of rotatable bonds is 4. The summed E-state index contributed by atoms with van der Waals surface area (Å²) >= 11 is 0. The highest BCUT2D eigenvalue weighted by atomic mass is 16.1. The third kappa shape index (κ3) is 3.58. The first kappa shape index (κ1) is 14.1. The molecule has 0 saturated carbocycles. The molecule has 2 aromatic carbocycles. The molecule has 2 aromatic rings. The fourth-order valence-electron chi connectivity index (χ4n) is 2.08. The van der Waals surface area contributed by atoms with E-state index in [1.807, 2.05) is 38.1 Å². The van der Waals surface area contributed by atoms with Crippen LogP contribution in [0, 0.1) is 0 Å². The smallest absolute Gasteiger partial charge is 0.244 e. The zero-order chi connectivity index (χ0) is 14.4. The highest BCUT2D eigenvalue weighted by molar-refractivity contribution is 5.88. The van der Waals surface area contributed by atoms with Gasteiger partial charge in [-0.15, -0.1) is 0 Å². The van der Waals surface area contributed by atoms with Gasteiger partial charge in [0.05, 0.1) is 6.04 Å². The quantitative estimate of drug-likeness (QED) is 0.653. The maximum absolute atomic E-state index is 11.7. The summed E-state index contributed by atoms with van der Waals surface area (Å²) in [5, 5.41) is 5.36. The second-order valence-electron chi connectivity index (χ2n) is 4.72. The fourth-order valence-corrected chi connectivity index (χ4v) is 2.08. The monoisotopic (exact) mass is 265 g/mol. The van der Waals surface area contributed by atoms with Gasteiger partial charge >= 0.3 is 0 Å². The number of fused-ring (bicyclic) bond motifs is 1. The van der Waals surface area contributed by atoms with Crippen molar-refractivity contribution in [2.45, 2.75) is 19.9 Å². The summed E-state index contributed by atoms with van der Waals surface area (Å²) in [5.41, 5.74) is 1.11. The first-order valence-electron chi connectivity index (χ1n) is 6.79. The Morgan fingerprint density at radius 2 is 1.85 bits per heavy atom. The third-order valence-corrected chi connectivity index (χ3v) is 3.18. The Balaban J connectivity index is 2.11. The SMILES string of the molecule is C/C=C/C=C/C(=O)N[C@H](C)c1ccc2ccccc2c1. The predicted octanol–water partition coefficient (Wildman–Crippen LogP) is 4.15. The Kier molecular flexibility index (Phi) is 4.72. The minimum absolute atomic E-state index is 0.0117. The van der Waals surface area contributed by atoms with E-state index in [9.17, 15) is 4.79 Å². The van der Waals surface area contributed by atoms with Gasteiger partial charge in [-0.05, 0) is 36.2 Å². The summed E-state index contributed by atoms with van der Waals surface area (Å²) in [4.78, 5) is 11.7. The Morgan fingerprint density at radius 3 is 2.60 bits per heavy atom. The average molecular weight is 265 g/mol. The first-order valence-corrected chi connectivity index (χ1v) is 6.79. The van der Waals surface area contributed by atoms with Crippen molar-refractivity contribution in [3.05, 3.63) is 72.3 Å². The fraction of sp³-hybridized carbons (Fsp3) is 0.167. The van der Waals surface area contributed by atoms with Crippen molar-refractivity contribution < 1.29 is 4.79 Å². The van der Waals surface area contributed by atoms with Crippen LogP contribution in [-0.2, 0) is 4.79 Å². The molecule has 0 aromatic heterocycles. The molecule has 0 saturated heterocycles. The largest absolute Gasteiger partial charge is 0.346 e. The Morgan fingerprint density at radius 1 is 1.10 bits per heavy atom. The van der Waals surface area contributed by atoms with E-state index in [-0.39, 0.29) is 11.9 Å². The summed E-state index contributed by atoms with van der Waals surface area (Å²) in [5.74, 6) is -0.0799. The van der Waals surface area contributed by atoms with Crippen molar-refractivity contribution in [2.24, 2.45) is 0 Å². The van der Waals surface area contributed by atoms with Crippen LogP contribution in [0.3, 0.4) is 0 Å². The number of hydrogen-bond donors (Lipinski definition) is 1. The van der Waals surface area contributed by atoms with Gasteiger partial charge < -0.3 is 5.32 Å². The van der Waals surface area contributed by atoms with Crippen LogP contribution in [0.2, 0.25) is 0 Å². The lowest BCUT2D eigenvalue weighted by molar-refractivity contribution is -0.117. The standard InChI is InChI=1S/C18H19NO/c1-3-4-5-10-18(20)19-14(2)16-12-11-15-8-6-7-9-17(15)13-16/h3-14H,1-2H3,(H,19,20)/b4-3+,10-5+/t14-/m1/s1. The molecule has 0 fully saturated rings. The van der Waals surface area contributed by atoms with Crippen molar-refractivity contribution in [1.82, 2.24) is 5.32 Å². The zero-order valence-electron chi connectivity index (χ0n) is 11.8. The van der Waals surface area contributed by atoms with Crippen molar-refractivity contribution >= 4 is 16.7 Å². The second kappa shape index (κ2) is 6.71. The molecule has 2 nitrogen and oxygen atoms in total. The minimum atomic E-state index is -0.0799. The summed E-state index contributed by atoms with van der Waals surface area (Å²) in [6.45, 7) is 3.91. The molecule has 1 N–H and O–H groups in total. The van der Waals surface area contributed by atoms with Crippen molar-refractivity contribution in [2.75, 3.05) is 0 Å². The van der Waals surface area contributed by atoms with Crippen molar-refractivity contribution in [3.8, 4) is 0 Å². The lowest BCUT2D eigenvalue weighted by atomic mass is 10.0. The molecule has 0 aliphatic rings. The Bertz CT molecular complexity index is 655. The molecule has 102 valence electrons. The van der Waals surface area contributed by atoms with Crippen LogP contribution in [-0.4, -0.2) is 5.91 Å². The molecule has 2 heteroatoms. The van der Waals surface area contributed by atoms with Gasteiger partial charge in [0.25, 0.3) is 0 Å². The molecular formula is C18H19NO. The van der Waals surface area contributed by atoms with Gasteiger partial charge in [0, 0.05) is 6.08 Å². The lowest BCUT2D eigenvalue weighted by Crippen LogP contribution is -2.24. The summed E-state index contributed by atoms with van der Waals surface area (Å²) in [6.07, 6.45) is 7.00. The van der Waals surface area contributed by atoms with Crippen LogP contribution in [0.1, 0.15) is 25.5 Å². The molecule has 1 atom stereocenters. The van der Waals surface area contributed by atoms with Crippen molar-refractivity contribution in [3.63, 3.8) is 0 Å². The molecule has 0 aliphatic carbocycles. The number of carbonyl (C=O) groups excluding carboxylic acids is 1. The van der Waals surface area contributed by atoms with E-state index in [2.05, 4.69) is 35.6 Å². The molecule has 0 aliphatic heterocycles. The number of hydrogen-bond acceptors (Lipinski definition) is 1. The van der Waals surface area contributed by atoms with E-state index in [0.717, 1.165) is 5.56 Å². The molecule has 0 heterocycles. The summed E-state index contributed by atoms with van der Waals surface area (Å²) in [7, 11) is 0.